The van der Waals surface area contributed by atoms with Gasteiger partial charge in [0, 0.05) is 28.4 Å². The van der Waals surface area contributed by atoms with Crippen LogP contribution in [-0.2, 0) is 0 Å². The van der Waals surface area contributed by atoms with Gasteiger partial charge in [-0.2, -0.15) is 5.26 Å². The first kappa shape index (κ1) is 16.9. The number of nitrogens with zero attached hydrogens (tertiary/aromatic N) is 2. The third kappa shape index (κ3) is 3.17. The fraction of sp³-hybridized carbons (Fsp3) is 0.158. The van der Waals surface area contributed by atoms with E-state index in [-0.39, 0.29) is 0 Å². The second kappa shape index (κ2) is 6.88. The minimum Gasteiger partial charge on any atom is -0.493 e. The maximum atomic E-state index is 9.47. The zero-order valence-electron chi connectivity index (χ0n) is 14.1. The number of aryl methyl sites for hydroxylation is 1. The van der Waals surface area contributed by atoms with Crippen molar-refractivity contribution in [2.45, 2.75) is 6.92 Å². The Morgan fingerprint density at radius 3 is 2.48 bits per heavy atom. The maximum Gasteiger partial charge on any atom is 0.162 e. The first-order valence-electron chi connectivity index (χ1n) is 7.55. The normalized spacial score (nSPS) is 10.4. The molecule has 25 heavy (non-hydrogen) atoms. The predicted molar refractivity (Wildman–Crippen MR) is 99.0 cm³/mol. The Balaban J connectivity index is 2.20. The van der Waals surface area contributed by atoms with Gasteiger partial charge >= 0.3 is 0 Å². The lowest BCUT2D eigenvalue weighted by atomic mass is 10.1. The molecule has 0 unspecified atom stereocenters. The van der Waals surface area contributed by atoms with Crippen LogP contribution in [0.2, 0.25) is 5.02 Å². The molecule has 1 aromatic heterocycles. The fourth-order valence-electron chi connectivity index (χ4n) is 2.55. The van der Waals surface area contributed by atoms with Gasteiger partial charge in [-0.25, -0.2) is 0 Å². The van der Waals surface area contributed by atoms with Crippen LogP contribution in [0.1, 0.15) is 11.1 Å². The van der Waals surface area contributed by atoms with Gasteiger partial charge in [0.15, 0.2) is 11.5 Å². The summed E-state index contributed by atoms with van der Waals surface area (Å²) in [4.78, 5) is 4.35. The second-order valence-corrected chi connectivity index (χ2v) is 5.88. The first-order valence-corrected chi connectivity index (χ1v) is 7.93. The molecular weight excluding hydrogens is 338 g/mol. The number of pyridine rings is 1. The fourth-order valence-corrected chi connectivity index (χ4v) is 2.73. The number of anilines is 2. The predicted octanol–water partition coefficient (Wildman–Crippen LogP) is 4.83. The quantitative estimate of drug-likeness (QED) is 0.727. The number of benzene rings is 2. The van der Waals surface area contributed by atoms with Gasteiger partial charge in [0.1, 0.15) is 6.07 Å². The number of rotatable bonds is 4. The topological polar surface area (TPSA) is 67.2 Å². The van der Waals surface area contributed by atoms with E-state index in [0.717, 1.165) is 16.6 Å². The standard InChI is InChI=1S/C19H16ClN3O2/c1-11-4-5-13(6-15(11)20)23-19-12(9-21)10-22-16-8-18(25-3)17(24-2)7-14(16)19/h4-8,10H,1-3H3,(H,22,23). The molecule has 1 heterocycles. The summed E-state index contributed by atoms with van der Waals surface area (Å²) >= 11 is 6.21. The van der Waals surface area contributed by atoms with Crippen LogP contribution in [0.4, 0.5) is 11.4 Å². The molecule has 0 bridgehead atoms. The van der Waals surface area contributed by atoms with Gasteiger partial charge in [-0.15, -0.1) is 0 Å². The highest BCUT2D eigenvalue weighted by molar-refractivity contribution is 6.31. The number of hydrogen-bond acceptors (Lipinski definition) is 5. The minimum absolute atomic E-state index is 0.427. The zero-order valence-corrected chi connectivity index (χ0v) is 14.8. The van der Waals surface area contributed by atoms with Crippen LogP contribution < -0.4 is 14.8 Å². The average Bonchev–Trinajstić information content (AvgIpc) is 2.63. The summed E-state index contributed by atoms with van der Waals surface area (Å²) in [5.41, 5.74) is 3.54. The summed E-state index contributed by atoms with van der Waals surface area (Å²) in [5, 5.41) is 14.2. The molecule has 0 saturated carbocycles. The molecule has 3 rings (SSSR count). The van der Waals surface area contributed by atoms with Crippen LogP contribution in [0, 0.1) is 18.3 Å². The van der Waals surface area contributed by atoms with Gasteiger partial charge in [-0.05, 0) is 30.7 Å². The molecule has 2 aromatic carbocycles. The Labute approximate surface area is 150 Å². The molecular formula is C19H16ClN3O2. The van der Waals surface area contributed by atoms with Crippen molar-refractivity contribution >= 4 is 33.9 Å². The highest BCUT2D eigenvalue weighted by Crippen LogP contribution is 2.37. The Bertz CT molecular complexity index is 996. The summed E-state index contributed by atoms with van der Waals surface area (Å²) < 4.78 is 10.7. The van der Waals surface area contributed by atoms with Crippen LogP contribution in [0.5, 0.6) is 11.5 Å². The molecule has 5 nitrogen and oxygen atoms in total. The van der Waals surface area contributed by atoms with E-state index in [1.807, 2.05) is 25.1 Å². The molecule has 0 amide bonds. The Kier molecular flexibility index (Phi) is 4.64. The molecule has 0 atom stereocenters. The van der Waals surface area contributed by atoms with E-state index >= 15 is 0 Å². The summed E-state index contributed by atoms with van der Waals surface area (Å²) in [6.45, 7) is 1.94. The van der Waals surface area contributed by atoms with Crippen LogP contribution in [-0.4, -0.2) is 19.2 Å². The molecule has 3 aromatic rings. The molecule has 126 valence electrons. The van der Waals surface area contributed by atoms with E-state index in [4.69, 9.17) is 21.1 Å². The molecule has 0 aliphatic rings. The van der Waals surface area contributed by atoms with Gasteiger partial charge < -0.3 is 14.8 Å². The number of halogens is 1. The third-order valence-corrected chi connectivity index (χ3v) is 4.34. The summed E-state index contributed by atoms with van der Waals surface area (Å²) in [6, 6.07) is 11.4. The zero-order chi connectivity index (χ0) is 18.0. The Hall–Kier alpha value is -2.97. The Morgan fingerprint density at radius 2 is 1.84 bits per heavy atom. The number of hydrogen-bond donors (Lipinski definition) is 1. The number of nitrogens with one attached hydrogen (secondary N) is 1. The molecule has 0 saturated heterocycles. The monoisotopic (exact) mass is 353 g/mol. The van der Waals surface area contributed by atoms with Gasteiger partial charge in [0.05, 0.1) is 31.0 Å². The lowest BCUT2D eigenvalue weighted by molar-refractivity contribution is 0.356. The smallest absolute Gasteiger partial charge is 0.162 e. The lowest BCUT2D eigenvalue weighted by Gasteiger charge is -2.14. The molecule has 0 radical (unpaired) electrons. The Morgan fingerprint density at radius 1 is 1.12 bits per heavy atom. The van der Waals surface area contributed by atoms with Crippen molar-refractivity contribution in [3.63, 3.8) is 0 Å². The van der Waals surface area contributed by atoms with Crippen molar-refractivity contribution in [3.05, 3.63) is 52.7 Å². The van der Waals surface area contributed by atoms with Crippen molar-refractivity contribution in [1.29, 1.82) is 5.26 Å². The second-order valence-electron chi connectivity index (χ2n) is 5.47. The van der Waals surface area contributed by atoms with E-state index < -0.39 is 0 Å². The van der Waals surface area contributed by atoms with Crippen molar-refractivity contribution < 1.29 is 9.47 Å². The van der Waals surface area contributed by atoms with Gasteiger partial charge in [-0.3, -0.25) is 4.98 Å². The first-order chi connectivity index (χ1) is 12.1. The maximum absolute atomic E-state index is 9.47. The molecule has 6 heteroatoms. The summed E-state index contributed by atoms with van der Waals surface area (Å²) in [5.74, 6) is 1.15. The van der Waals surface area contributed by atoms with Gasteiger partial charge in [0.2, 0.25) is 0 Å². The third-order valence-electron chi connectivity index (χ3n) is 3.93. The van der Waals surface area contributed by atoms with Crippen LogP contribution in [0.25, 0.3) is 10.9 Å². The van der Waals surface area contributed by atoms with E-state index in [1.54, 1.807) is 26.4 Å². The molecule has 0 aliphatic carbocycles. The summed E-state index contributed by atoms with van der Waals surface area (Å²) in [7, 11) is 3.14. The van der Waals surface area contributed by atoms with Crippen LogP contribution in [0.3, 0.4) is 0 Å². The lowest BCUT2D eigenvalue weighted by Crippen LogP contribution is -1.98. The average molecular weight is 354 g/mol. The van der Waals surface area contributed by atoms with Crippen LogP contribution >= 0.6 is 11.6 Å². The van der Waals surface area contributed by atoms with E-state index in [1.165, 1.54) is 6.20 Å². The minimum atomic E-state index is 0.427. The molecule has 1 N–H and O–H groups in total. The number of nitriles is 1. The number of methoxy groups -OCH3 is 2. The van der Waals surface area contributed by atoms with E-state index in [9.17, 15) is 5.26 Å². The van der Waals surface area contributed by atoms with E-state index in [0.29, 0.717) is 33.3 Å². The van der Waals surface area contributed by atoms with Crippen molar-refractivity contribution in [1.82, 2.24) is 4.98 Å². The van der Waals surface area contributed by atoms with Crippen molar-refractivity contribution in [3.8, 4) is 17.6 Å². The number of fused-ring (bicyclic) bond motifs is 1. The number of ether oxygens (including phenoxy) is 2. The largest absolute Gasteiger partial charge is 0.493 e. The molecule has 0 fully saturated rings. The molecule has 0 aliphatic heterocycles. The van der Waals surface area contributed by atoms with Gasteiger partial charge in [0.25, 0.3) is 0 Å². The van der Waals surface area contributed by atoms with Gasteiger partial charge in [-0.1, -0.05) is 17.7 Å². The molecule has 0 spiro atoms. The highest BCUT2D eigenvalue weighted by atomic mass is 35.5. The van der Waals surface area contributed by atoms with E-state index in [2.05, 4.69) is 16.4 Å². The SMILES string of the molecule is COc1cc2ncc(C#N)c(Nc3ccc(C)c(Cl)c3)c2cc1OC. The van der Waals surface area contributed by atoms with Crippen molar-refractivity contribution in [2.75, 3.05) is 19.5 Å². The van der Waals surface area contributed by atoms with Crippen LogP contribution in [0.15, 0.2) is 36.5 Å². The summed E-state index contributed by atoms with van der Waals surface area (Å²) in [6.07, 6.45) is 1.53. The number of aromatic nitrogens is 1. The highest BCUT2D eigenvalue weighted by Gasteiger charge is 2.14. The van der Waals surface area contributed by atoms with Crippen molar-refractivity contribution in [2.24, 2.45) is 0 Å².